The maximum absolute atomic E-state index is 12.6. The van der Waals surface area contributed by atoms with Gasteiger partial charge in [0.05, 0.1) is 6.04 Å². The number of benzene rings is 2. The van der Waals surface area contributed by atoms with Crippen molar-refractivity contribution in [1.29, 1.82) is 0 Å². The van der Waals surface area contributed by atoms with Crippen LogP contribution in [0, 0.1) is 5.92 Å². The van der Waals surface area contributed by atoms with Gasteiger partial charge in [-0.05, 0) is 30.4 Å². The predicted octanol–water partition coefficient (Wildman–Crippen LogP) is 4.25. The summed E-state index contributed by atoms with van der Waals surface area (Å²) in [5.74, 6) is 0.252. The van der Waals surface area contributed by atoms with E-state index < -0.39 is 0 Å². The predicted molar refractivity (Wildman–Crippen MR) is 89.4 cm³/mol. The summed E-state index contributed by atoms with van der Waals surface area (Å²) in [7, 11) is 0. The lowest BCUT2D eigenvalue weighted by Gasteiger charge is -2.24. The first-order valence-corrected chi connectivity index (χ1v) is 7.90. The monoisotopic (exact) mass is 291 g/mol. The van der Waals surface area contributed by atoms with Crippen molar-refractivity contribution in [3.05, 3.63) is 83.9 Å². The molecule has 1 amide bonds. The van der Waals surface area contributed by atoms with Crippen molar-refractivity contribution < 1.29 is 4.79 Å². The molecule has 0 radical (unpaired) electrons. The summed E-state index contributed by atoms with van der Waals surface area (Å²) in [5, 5.41) is 3.25. The standard InChI is InChI=1S/C20H21NO/c22-20(18-14-8-3-9-15-18)21-19(16-10-4-1-5-11-16)17-12-6-2-7-13-17/h1-8,10-13,18-19H,9,14-15H2,(H,21,22)/t18-/m1/s1. The fraction of sp³-hybridized carbons (Fsp3) is 0.250. The molecule has 112 valence electrons. The summed E-state index contributed by atoms with van der Waals surface area (Å²) >= 11 is 0. The maximum atomic E-state index is 12.6. The number of hydrogen-bond donors (Lipinski definition) is 1. The molecule has 0 aromatic heterocycles. The molecule has 0 unspecified atom stereocenters. The Balaban J connectivity index is 1.83. The van der Waals surface area contributed by atoms with Crippen molar-refractivity contribution in [2.45, 2.75) is 25.3 Å². The van der Waals surface area contributed by atoms with Crippen LogP contribution in [0.25, 0.3) is 0 Å². The van der Waals surface area contributed by atoms with Gasteiger partial charge in [-0.15, -0.1) is 0 Å². The normalized spacial score (nSPS) is 17.4. The molecule has 0 heterocycles. The lowest BCUT2D eigenvalue weighted by atomic mass is 9.92. The van der Waals surface area contributed by atoms with Crippen LogP contribution in [0.1, 0.15) is 36.4 Å². The van der Waals surface area contributed by atoms with Gasteiger partial charge in [-0.25, -0.2) is 0 Å². The van der Waals surface area contributed by atoms with Gasteiger partial charge in [-0.1, -0.05) is 72.8 Å². The quantitative estimate of drug-likeness (QED) is 0.838. The number of rotatable bonds is 4. The average molecular weight is 291 g/mol. The van der Waals surface area contributed by atoms with E-state index >= 15 is 0 Å². The second kappa shape index (κ2) is 7.08. The molecule has 0 aliphatic heterocycles. The van der Waals surface area contributed by atoms with Crippen molar-refractivity contribution in [3.8, 4) is 0 Å². The van der Waals surface area contributed by atoms with Crippen LogP contribution in [-0.2, 0) is 4.79 Å². The molecular weight excluding hydrogens is 270 g/mol. The zero-order valence-corrected chi connectivity index (χ0v) is 12.6. The highest BCUT2D eigenvalue weighted by molar-refractivity contribution is 5.80. The number of carbonyl (C=O) groups excluding carboxylic acids is 1. The Bertz CT molecular complexity index is 594. The number of amides is 1. The summed E-state index contributed by atoms with van der Waals surface area (Å²) in [6, 6.07) is 20.2. The lowest BCUT2D eigenvalue weighted by Crippen LogP contribution is -2.35. The largest absolute Gasteiger partial charge is 0.345 e. The van der Waals surface area contributed by atoms with Crippen molar-refractivity contribution in [2.75, 3.05) is 0 Å². The van der Waals surface area contributed by atoms with Crippen LogP contribution in [0.4, 0.5) is 0 Å². The number of carbonyl (C=O) groups is 1. The van der Waals surface area contributed by atoms with Crippen LogP contribution in [0.5, 0.6) is 0 Å². The first-order chi connectivity index (χ1) is 10.8. The van der Waals surface area contributed by atoms with E-state index in [2.05, 4.69) is 41.7 Å². The van der Waals surface area contributed by atoms with Gasteiger partial charge in [0.1, 0.15) is 0 Å². The highest BCUT2D eigenvalue weighted by Gasteiger charge is 2.23. The molecular formula is C20H21NO. The molecule has 0 fully saturated rings. The first kappa shape index (κ1) is 14.6. The number of allylic oxidation sites excluding steroid dienone is 2. The molecule has 0 spiro atoms. The van der Waals surface area contributed by atoms with Crippen molar-refractivity contribution in [3.63, 3.8) is 0 Å². The van der Waals surface area contributed by atoms with E-state index in [1.54, 1.807) is 0 Å². The molecule has 0 saturated carbocycles. The van der Waals surface area contributed by atoms with Gasteiger partial charge in [-0.3, -0.25) is 4.79 Å². The van der Waals surface area contributed by atoms with Crippen LogP contribution in [0.2, 0.25) is 0 Å². The molecule has 0 saturated heterocycles. The van der Waals surface area contributed by atoms with E-state index in [1.807, 2.05) is 36.4 Å². The van der Waals surface area contributed by atoms with Gasteiger partial charge in [0.2, 0.25) is 5.91 Å². The van der Waals surface area contributed by atoms with Crippen molar-refractivity contribution in [2.24, 2.45) is 5.92 Å². The molecule has 0 bridgehead atoms. The zero-order valence-electron chi connectivity index (χ0n) is 12.6. The summed E-state index contributed by atoms with van der Waals surface area (Å²) in [4.78, 5) is 12.6. The number of nitrogens with one attached hydrogen (secondary N) is 1. The highest BCUT2D eigenvalue weighted by Crippen LogP contribution is 2.24. The third kappa shape index (κ3) is 3.45. The second-order valence-corrected chi connectivity index (χ2v) is 5.74. The first-order valence-electron chi connectivity index (χ1n) is 7.90. The SMILES string of the molecule is O=C(NC(c1ccccc1)c1ccccc1)[C@@H]1CC=CCC1. The fourth-order valence-corrected chi connectivity index (χ4v) is 2.94. The van der Waals surface area contributed by atoms with E-state index in [9.17, 15) is 4.79 Å². The lowest BCUT2D eigenvalue weighted by molar-refractivity contribution is -0.125. The Morgan fingerprint density at radius 1 is 0.909 bits per heavy atom. The van der Waals surface area contributed by atoms with E-state index in [0.29, 0.717) is 0 Å². The molecule has 2 heteroatoms. The van der Waals surface area contributed by atoms with Gasteiger partial charge in [0.15, 0.2) is 0 Å². The summed E-state index contributed by atoms with van der Waals surface area (Å²) in [6.07, 6.45) is 7.07. The Kier molecular flexibility index (Phi) is 4.69. The molecule has 1 aliphatic rings. The minimum absolute atomic E-state index is 0.0826. The topological polar surface area (TPSA) is 29.1 Å². The van der Waals surface area contributed by atoms with E-state index in [0.717, 1.165) is 30.4 Å². The Labute approximate surface area is 131 Å². The van der Waals surface area contributed by atoms with Crippen LogP contribution in [0.15, 0.2) is 72.8 Å². The zero-order chi connectivity index (χ0) is 15.2. The minimum Gasteiger partial charge on any atom is -0.345 e. The molecule has 22 heavy (non-hydrogen) atoms. The van der Waals surface area contributed by atoms with Gasteiger partial charge in [0, 0.05) is 5.92 Å². The minimum atomic E-state index is -0.0826. The summed E-state index contributed by atoms with van der Waals surface area (Å²) < 4.78 is 0. The number of hydrogen-bond acceptors (Lipinski definition) is 1. The van der Waals surface area contributed by atoms with Crippen molar-refractivity contribution in [1.82, 2.24) is 5.32 Å². The summed E-state index contributed by atoms with van der Waals surface area (Å²) in [5.41, 5.74) is 2.24. The van der Waals surface area contributed by atoms with Crippen LogP contribution >= 0.6 is 0 Å². The summed E-state index contributed by atoms with van der Waals surface area (Å²) in [6.45, 7) is 0. The molecule has 1 atom stereocenters. The second-order valence-electron chi connectivity index (χ2n) is 5.74. The maximum Gasteiger partial charge on any atom is 0.224 e. The third-order valence-electron chi connectivity index (χ3n) is 4.19. The van der Waals surface area contributed by atoms with E-state index in [4.69, 9.17) is 0 Å². The third-order valence-corrected chi connectivity index (χ3v) is 4.19. The van der Waals surface area contributed by atoms with Crippen LogP contribution in [-0.4, -0.2) is 5.91 Å². The Morgan fingerprint density at radius 3 is 2.00 bits per heavy atom. The molecule has 2 aromatic rings. The van der Waals surface area contributed by atoms with Gasteiger partial charge >= 0.3 is 0 Å². The Hall–Kier alpha value is -2.35. The van der Waals surface area contributed by atoms with Crippen LogP contribution < -0.4 is 5.32 Å². The van der Waals surface area contributed by atoms with Gasteiger partial charge in [0.25, 0.3) is 0 Å². The van der Waals surface area contributed by atoms with E-state index in [1.165, 1.54) is 0 Å². The van der Waals surface area contributed by atoms with Crippen molar-refractivity contribution >= 4 is 5.91 Å². The smallest absolute Gasteiger partial charge is 0.224 e. The highest BCUT2D eigenvalue weighted by atomic mass is 16.1. The Morgan fingerprint density at radius 2 is 1.50 bits per heavy atom. The fourth-order valence-electron chi connectivity index (χ4n) is 2.94. The van der Waals surface area contributed by atoms with Gasteiger partial charge < -0.3 is 5.32 Å². The van der Waals surface area contributed by atoms with E-state index in [-0.39, 0.29) is 17.9 Å². The molecule has 2 aromatic carbocycles. The molecule has 1 aliphatic carbocycles. The average Bonchev–Trinajstić information content (AvgIpc) is 2.62. The van der Waals surface area contributed by atoms with Crippen LogP contribution in [0.3, 0.4) is 0 Å². The molecule has 1 N–H and O–H groups in total. The molecule has 2 nitrogen and oxygen atoms in total. The molecule has 3 rings (SSSR count). The van der Waals surface area contributed by atoms with Gasteiger partial charge in [-0.2, -0.15) is 0 Å².